The van der Waals surface area contributed by atoms with Gasteiger partial charge in [0.15, 0.2) is 17.5 Å². The van der Waals surface area contributed by atoms with Gasteiger partial charge >= 0.3 is 0 Å². The van der Waals surface area contributed by atoms with Crippen LogP contribution in [0.3, 0.4) is 0 Å². The number of benzene rings is 1. The van der Waals surface area contributed by atoms with Gasteiger partial charge in [0.05, 0.1) is 20.3 Å². The molecule has 0 aliphatic carbocycles. The Morgan fingerprint density at radius 1 is 1.15 bits per heavy atom. The molecule has 0 spiro atoms. The van der Waals surface area contributed by atoms with Crippen molar-refractivity contribution in [3.63, 3.8) is 0 Å². The Labute approximate surface area is 158 Å². The molecule has 0 radical (unpaired) electrons. The highest BCUT2D eigenvalue weighted by atomic mass is 16.5. The lowest BCUT2D eigenvalue weighted by atomic mass is 10.2. The maximum atomic E-state index is 5.62. The Bertz CT molecular complexity index is 533. The largest absolute Gasteiger partial charge is 0.493 e. The number of nitrogens with one attached hydrogen (secondary N) is 2. The summed E-state index contributed by atoms with van der Waals surface area (Å²) in [6.07, 6.45) is 0.953. The smallest absolute Gasteiger partial charge is 0.191 e. The highest BCUT2D eigenvalue weighted by Gasteiger charge is 2.05. The van der Waals surface area contributed by atoms with Gasteiger partial charge in [0, 0.05) is 26.3 Å². The summed E-state index contributed by atoms with van der Waals surface area (Å²) < 4.78 is 16.5. The molecule has 1 aromatic carbocycles. The number of hydrogen-bond acceptors (Lipinski definition) is 4. The molecule has 0 bridgehead atoms. The Balaban J connectivity index is 2.53. The van der Waals surface area contributed by atoms with Crippen LogP contribution in [0.15, 0.2) is 23.2 Å². The van der Waals surface area contributed by atoms with Crippen LogP contribution >= 0.6 is 0 Å². The van der Waals surface area contributed by atoms with Gasteiger partial charge in [0.25, 0.3) is 0 Å². The van der Waals surface area contributed by atoms with Crippen LogP contribution < -0.4 is 20.1 Å². The lowest BCUT2D eigenvalue weighted by Crippen LogP contribution is -2.38. The summed E-state index contributed by atoms with van der Waals surface area (Å²) in [6, 6.07) is 5.91. The van der Waals surface area contributed by atoms with E-state index in [2.05, 4.69) is 36.4 Å². The Morgan fingerprint density at radius 3 is 2.62 bits per heavy atom. The normalized spacial score (nSPS) is 11.5. The van der Waals surface area contributed by atoms with Crippen molar-refractivity contribution in [2.75, 3.05) is 40.0 Å². The topological polar surface area (TPSA) is 64.1 Å². The summed E-state index contributed by atoms with van der Waals surface area (Å²) in [5, 5.41) is 6.61. The fourth-order valence-corrected chi connectivity index (χ4v) is 2.30. The minimum absolute atomic E-state index is 0.573. The zero-order valence-electron chi connectivity index (χ0n) is 16.9. The molecule has 1 rings (SSSR count). The second-order valence-electron chi connectivity index (χ2n) is 6.36. The number of hydrogen-bond donors (Lipinski definition) is 2. The van der Waals surface area contributed by atoms with Gasteiger partial charge in [0.2, 0.25) is 0 Å². The Morgan fingerprint density at radius 2 is 1.96 bits per heavy atom. The molecule has 0 aliphatic rings. The van der Waals surface area contributed by atoms with Crippen molar-refractivity contribution in [2.45, 2.75) is 40.7 Å². The molecule has 0 saturated heterocycles. The van der Waals surface area contributed by atoms with Crippen LogP contribution in [-0.4, -0.2) is 46.0 Å². The van der Waals surface area contributed by atoms with E-state index >= 15 is 0 Å². The SMILES string of the molecule is CCNC(=NCc1ccc(OC)c(OCC)c1)NCCCOCC(C)C. The first-order chi connectivity index (χ1) is 12.6. The molecule has 0 unspecified atom stereocenters. The number of ether oxygens (including phenoxy) is 3. The maximum absolute atomic E-state index is 5.62. The van der Waals surface area contributed by atoms with Gasteiger partial charge in [-0.1, -0.05) is 19.9 Å². The predicted octanol–water partition coefficient (Wildman–Crippen LogP) is 3.21. The fourth-order valence-electron chi connectivity index (χ4n) is 2.30. The number of aliphatic imine (C=N–C) groups is 1. The van der Waals surface area contributed by atoms with Crippen LogP contribution in [-0.2, 0) is 11.3 Å². The highest BCUT2D eigenvalue weighted by molar-refractivity contribution is 5.79. The number of guanidine groups is 1. The summed E-state index contributed by atoms with van der Waals surface area (Å²) in [4.78, 5) is 4.64. The standard InChI is InChI=1S/C20H35N3O3/c1-6-21-20(22-11-8-12-25-15-16(3)4)23-14-17-9-10-18(24-5)19(13-17)26-7-2/h9-10,13,16H,6-8,11-12,14-15H2,1-5H3,(H2,21,22,23). The van der Waals surface area contributed by atoms with E-state index < -0.39 is 0 Å². The fraction of sp³-hybridized carbons (Fsp3) is 0.650. The van der Waals surface area contributed by atoms with Crippen molar-refractivity contribution in [3.8, 4) is 11.5 Å². The van der Waals surface area contributed by atoms with E-state index in [1.807, 2.05) is 25.1 Å². The molecular weight excluding hydrogens is 330 g/mol. The minimum Gasteiger partial charge on any atom is -0.493 e. The lowest BCUT2D eigenvalue weighted by Gasteiger charge is -2.13. The summed E-state index contributed by atoms with van der Waals surface area (Å²) >= 11 is 0. The van der Waals surface area contributed by atoms with Crippen LogP contribution in [0.5, 0.6) is 11.5 Å². The Kier molecular flexibility index (Phi) is 11.3. The zero-order valence-corrected chi connectivity index (χ0v) is 16.9. The molecule has 0 fully saturated rings. The van der Waals surface area contributed by atoms with Gasteiger partial charge in [-0.15, -0.1) is 0 Å². The van der Waals surface area contributed by atoms with E-state index in [0.29, 0.717) is 19.1 Å². The maximum Gasteiger partial charge on any atom is 0.191 e. The van der Waals surface area contributed by atoms with Gasteiger partial charge in [-0.25, -0.2) is 4.99 Å². The zero-order chi connectivity index (χ0) is 19.2. The molecule has 1 aromatic rings. The quantitative estimate of drug-likeness (QED) is 0.338. The number of methoxy groups -OCH3 is 1. The molecule has 0 heterocycles. The van der Waals surface area contributed by atoms with E-state index in [1.54, 1.807) is 7.11 Å². The summed E-state index contributed by atoms with van der Waals surface area (Å²) in [5.41, 5.74) is 1.08. The van der Waals surface area contributed by atoms with Gasteiger partial charge in [-0.05, 0) is 43.9 Å². The molecule has 0 amide bonds. The van der Waals surface area contributed by atoms with Crippen LogP contribution in [0.2, 0.25) is 0 Å². The minimum atomic E-state index is 0.573. The van der Waals surface area contributed by atoms with Crippen molar-refractivity contribution in [1.82, 2.24) is 10.6 Å². The van der Waals surface area contributed by atoms with Crippen molar-refractivity contribution in [2.24, 2.45) is 10.9 Å². The monoisotopic (exact) mass is 365 g/mol. The first-order valence-electron chi connectivity index (χ1n) is 9.50. The third-order valence-electron chi connectivity index (χ3n) is 3.50. The molecule has 148 valence electrons. The lowest BCUT2D eigenvalue weighted by molar-refractivity contribution is 0.108. The van der Waals surface area contributed by atoms with Crippen LogP contribution in [0.25, 0.3) is 0 Å². The second-order valence-corrected chi connectivity index (χ2v) is 6.36. The summed E-state index contributed by atoms with van der Waals surface area (Å²) in [5.74, 6) is 2.88. The molecular formula is C20H35N3O3. The van der Waals surface area contributed by atoms with E-state index in [0.717, 1.165) is 55.7 Å². The average molecular weight is 366 g/mol. The van der Waals surface area contributed by atoms with Gasteiger partial charge in [-0.3, -0.25) is 0 Å². The van der Waals surface area contributed by atoms with Crippen molar-refractivity contribution in [3.05, 3.63) is 23.8 Å². The molecule has 2 N–H and O–H groups in total. The van der Waals surface area contributed by atoms with E-state index in [1.165, 1.54) is 0 Å². The van der Waals surface area contributed by atoms with Crippen molar-refractivity contribution < 1.29 is 14.2 Å². The average Bonchev–Trinajstić information content (AvgIpc) is 2.62. The molecule has 0 saturated carbocycles. The second kappa shape index (κ2) is 13.3. The third kappa shape index (κ3) is 8.94. The summed E-state index contributed by atoms with van der Waals surface area (Å²) in [7, 11) is 1.65. The first kappa shape index (κ1) is 22.1. The number of rotatable bonds is 12. The van der Waals surface area contributed by atoms with Gasteiger partial charge in [0.1, 0.15) is 0 Å². The molecule has 0 aliphatic heterocycles. The van der Waals surface area contributed by atoms with Crippen LogP contribution in [0.1, 0.15) is 39.7 Å². The molecule has 6 heteroatoms. The third-order valence-corrected chi connectivity index (χ3v) is 3.50. The Hall–Kier alpha value is -1.95. The first-order valence-corrected chi connectivity index (χ1v) is 9.50. The van der Waals surface area contributed by atoms with E-state index in [-0.39, 0.29) is 0 Å². The van der Waals surface area contributed by atoms with Crippen molar-refractivity contribution in [1.29, 1.82) is 0 Å². The van der Waals surface area contributed by atoms with Gasteiger partial charge < -0.3 is 24.8 Å². The van der Waals surface area contributed by atoms with Crippen LogP contribution in [0.4, 0.5) is 0 Å². The molecule has 6 nitrogen and oxygen atoms in total. The van der Waals surface area contributed by atoms with Crippen molar-refractivity contribution >= 4 is 5.96 Å². The highest BCUT2D eigenvalue weighted by Crippen LogP contribution is 2.28. The molecule has 0 aromatic heterocycles. The van der Waals surface area contributed by atoms with E-state index in [9.17, 15) is 0 Å². The molecule has 26 heavy (non-hydrogen) atoms. The predicted molar refractivity (Wildman–Crippen MR) is 107 cm³/mol. The van der Waals surface area contributed by atoms with Crippen LogP contribution in [0, 0.1) is 5.92 Å². The van der Waals surface area contributed by atoms with Gasteiger partial charge in [-0.2, -0.15) is 0 Å². The number of nitrogens with zero attached hydrogens (tertiary/aromatic N) is 1. The summed E-state index contributed by atoms with van der Waals surface area (Å²) in [6.45, 7) is 12.7. The van der Waals surface area contributed by atoms with E-state index in [4.69, 9.17) is 14.2 Å². The molecule has 0 atom stereocenters.